The SMILES string of the molecule is N[C@@H](Cc1c(F)c(F)c(NCC=Cc2ccccc2)c(F)c1F)C(=O)O. The first kappa shape index (κ1) is 19.5. The van der Waals surface area contributed by atoms with Crippen LogP contribution in [-0.4, -0.2) is 23.7 Å². The molecule has 0 bridgehead atoms. The third kappa shape index (κ3) is 4.40. The maximum absolute atomic E-state index is 14.0. The molecule has 8 heteroatoms. The topological polar surface area (TPSA) is 75.3 Å². The highest BCUT2D eigenvalue weighted by Gasteiger charge is 2.27. The van der Waals surface area contributed by atoms with E-state index in [2.05, 4.69) is 5.32 Å². The molecular weight excluding hydrogens is 352 g/mol. The Morgan fingerprint density at radius 1 is 1.08 bits per heavy atom. The Morgan fingerprint density at radius 2 is 1.65 bits per heavy atom. The average Bonchev–Trinajstić information content (AvgIpc) is 2.63. The number of nitrogens with one attached hydrogen (secondary N) is 1. The summed E-state index contributed by atoms with van der Waals surface area (Å²) < 4.78 is 56.1. The van der Waals surface area contributed by atoms with Gasteiger partial charge in [0.15, 0.2) is 23.3 Å². The van der Waals surface area contributed by atoms with Gasteiger partial charge in [-0.25, -0.2) is 17.6 Å². The first-order valence-electron chi connectivity index (χ1n) is 7.61. The number of aliphatic carboxylic acids is 1. The molecule has 4 nitrogen and oxygen atoms in total. The fourth-order valence-electron chi connectivity index (χ4n) is 2.24. The molecule has 0 fully saturated rings. The molecule has 0 saturated carbocycles. The summed E-state index contributed by atoms with van der Waals surface area (Å²) >= 11 is 0. The van der Waals surface area contributed by atoms with E-state index in [4.69, 9.17) is 10.8 Å². The molecule has 26 heavy (non-hydrogen) atoms. The number of benzene rings is 2. The Kier molecular flexibility index (Phi) is 6.35. The molecule has 2 aromatic carbocycles. The number of nitrogens with two attached hydrogens (primary N) is 1. The molecule has 2 rings (SSSR count). The first-order valence-corrected chi connectivity index (χ1v) is 7.61. The van der Waals surface area contributed by atoms with Crippen LogP contribution in [0, 0.1) is 23.3 Å². The van der Waals surface area contributed by atoms with E-state index in [9.17, 15) is 22.4 Å². The molecule has 0 aliphatic rings. The minimum absolute atomic E-state index is 0.0877. The molecule has 0 heterocycles. The average molecular weight is 368 g/mol. The van der Waals surface area contributed by atoms with E-state index in [1.807, 2.05) is 6.07 Å². The lowest BCUT2D eigenvalue weighted by Gasteiger charge is -2.14. The summed E-state index contributed by atoms with van der Waals surface area (Å²) in [5.41, 5.74) is 4.01. The van der Waals surface area contributed by atoms with Crippen LogP contribution in [0.2, 0.25) is 0 Å². The highest BCUT2D eigenvalue weighted by molar-refractivity contribution is 5.73. The Morgan fingerprint density at radius 3 is 2.19 bits per heavy atom. The standard InChI is InChI=1S/C18H16F4N2O2/c19-13-11(9-12(23)18(25)26)14(20)16(22)17(15(13)21)24-8-4-7-10-5-2-1-3-6-10/h1-7,12,24H,8-9,23H2,(H,25,26)/t12-/m0/s1. The first-order chi connectivity index (χ1) is 12.3. The van der Waals surface area contributed by atoms with Crippen molar-refractivity contribution in [2.45, 2.75) is 12.5 Å². The van der Waals surface area contributed by atoms with Gasteiger partial charge in [0.1, 0.15) is 11.7 Å². The van der Waals surface area contributed by atoms with Crippen LogP contribution in [0.5, 0.6) is 0 Å². The monoisotopic (exact) mass is 368 g/mol. The molecule has 0 amide bonds. The maximum atomic E-state index is 14.0. The fraction of sp³-hybridized carbons (Fsp3) is 0.167. The highest BCUT2D eigenvalue weighted by atomic mass is 19.2. The Labute approximate surface area is 146 Å². The van der Waals surface area contributed by atoms with Crippen LogP contribution in [0.4, 0.5) is 23.2 Å². The Bertz CT molecular complexity index is 797. The number of halogens is 4. The lowest BCUT2D eigenvalue weighted by molar-refractivity contribution is -0.138. The van der Waals surface area contributed by atoms with Crippen molar-refractivity contribution < 1.29 is 27.5 Å². The molecule has 0 saturated heterocycles. The molecule has 4 N–H and O–H groups in total. The maximum Gasteiger partial charge on any atom is 0.320 e. The van der Waals surface area contributed by atoms with Gasteiger partial charge >= 0.3 is 5.97 Å². The molecule has 0 radical (unpaired) electrons. The fourth-order valence-corrected chi connectivity index (χ4v) is 2.24. The van der Waals surface area contributed by atoms with Gasteiger partial charge in [-0.3, -0.25) is 4.79 Å². The Balaban J connectivity index is 2.19. The van der Waals surface area contributed by atoms with Crippen molar-refractivity contribution in [3.8, 4) is 0 Å². The van der Waals surface area contributed by atoms with E-state index >= 15 is 0 Å². The summed E-state index contributed by atoms with van der Waals surface area (Å²) in [6, 6.07) is 7.35. The molecule has 0 aliphatic heterocycles. The molecule has 0 spiro atoms. The molecule has 0 unspecified atom stereocenters. The van der Waals surface area contributed by atoms with Crippen molar-refractivity contribution in [3.63, 3.8) is 0 Å². The third-order valence-corrected chi connectivity index (χ3v) is 3.60. The zero-order valence-corrected chi connectivity index (χ0v) is 13.5. The third-order valence-electron chi connectivity index (χ3n) is 3.60. The van der Waals surface area contributed by atoms with Gasteiger partial charge in [0.2, 0.25) is 0 Å². The van der Waals surface area contributed by atoms with Gasteiger partial charge in [0, 0.05) is 18.5 Å². The van der Waals surface area contributed by atoms with Gasteiger partial charge in [0.05, 0.1) is 0 Å². The quantitative estimate of drug-likeness (QED) is 0.518. The van der Waals surface area contributed by atoms with Crippen LogP contribution >= 0.6 is 0 Å². The summed E-state index contributed by atoms with van der Waals surface area (Å²) in [7, 11) is 0. The van der Waals surface area contributed by atoms with Gasteiger partial charge in [-0.05, 0) is 5.56 Å². The highest BCUT2D eigenvalue weighted by Crippen LogP contribution is 2.28. The zero-order chi connectivity index (χ0) is 19.3. The second kappa shape index (κ2) is 8.48. The number of carboxylic acids is 1. The van der Waals surface area contributed by atoms with Crippen LogP contribution in [0.1, 0.15) is 11.1 Å². The van der Waals surface area contributed by atoms with E-state index in [0.29, 0.717) is 0 Å². The summed E-state index contributed by atoms with van der Waals surface area (Å²) in [5.74, 6) is -8.16. The minimum atomic E-state index is -1.69. The molecule has 138 valence electrons. The second-order valence-corrected chi connectivity index (χ2v) is 5.45. The normalized spacial score (nSPS) is 12.3. The smallest absolute Gasteiger partial charge is 0.320 e. The second-order valence-electron chi connectivity index (χ2n) is 5.45. The van der Waals surface area contributed by atoms with Crippen LogP contribution in [0.3, 0.4) is 0 Å². The van der Waals surface area contributed by atoms with E-state index in [0.717, 1.165) is 5.56 Å². The molecule has 0 aliphatic carbocycles. The van der Waals surface area contributed by atoms with Crippen molar-refractivity contribution in [2.75, 3.05) is 11.9 Å². The number of anilines is 1. The molecule has 2 aromatic rings. The van der Waals surface area contributed by atoms with E-state index in [1.165, 1.54) is 6.08 Å². The minimum Gasteiger partial charge on any atom is -0.480 e. The predicted molar refractivity (Wildman–Crippen MR) is 89.6 cm³/mol. The van der Waals surface area contributed by atoms with Crippen LogP contribution in [0.25, 0.3) is 6.08 Å². The lowest BCUT2D eigenvalue weighted by Crippen LogP contribution is -2.33. The van der Waals surface area contributed by atoms with Gasteiger partial charge in [-0.2, -0.15) is 0 Å². The number of carboxylic acid groups (broad SMARTS) is 1. The van der Waals surface area contributed by atoms with E-state index < -0.39 is 53.0 Å². The van der Waals surface area contributed by atoms with Crippen molar-refractivity contribution in [1.29, 1.82) is 0 Å². The largest absolute Gasteiger partial charge is 0.480 e. The summed E-state index contributed by atoms with van der Waals surface area (Å²) in [4.78, 5) is 10.7. The lowest BCUT2D eigenvalue weighted by atomic mass is 10.0. The number of rotatable bonds is 7. The molecular formula is C18H16F4N2O2. The predicted octanol–water partition coefficient (Wildman–Crippen LogP) is 3.32. The van der Waals surface area contributed by atoms with Crippen molar-refractivity contribution in [1.82, 2.24) is 0 Å². The van der Waals surface area contributed by atoms with Crippen LogP contribution in [-0.2, 0) is 11.2 Å². The van der Waals surface area contributed by atoms with E-state index in [-0.39, 0.29) is 6.54 Å². The van der Waals surface area contributed by atoms with Gasteiger partial charge in [0.25, 0.3) is 0 Å². The van der Waals surface area contributed by atoms with Crippen LogP contribution in [0.15, 0.2) is 36.4 Å². The van der Waals surface area contributed by atoms with Crippen molar-refractivity contribution in [3.05, 3.63) is 70.8 Å². The number of hydrogen-bond donors (Lipinski definition) is 3. The summed E-state index contributed by atoms with van der Waals surface area (Å²) in [6.45, 7) is -0.0877. The number of carbonyl (C=O) groups is 1. The van der Waals surface area contributed by atoms with Crippen molar-refractivity contribution in [2.24, 2.45) is 5.73 Å². The summed E-state index contributed by atoms with van der Waals surface area (Å²) in [5, 5.41) is 11.0. The summed E-state index contributed by atoms with van der Waals surface area (Å²) in [6.07, 6.45) is 2.31. The van der Waals surface area contributed by atoms with Gasteiger partial charge < -0.3 is 16.2 Å². The van der Waals surface area contributed by atoms with Crippen molar-refractivity contribution >= 4 is 17.7 Å². The molecule has 1 atom stereocenters. The van der Waals surface area contributed by atoms with Gasteiger partial charge in [-0.15, -0.1) is 0 Å². The van der Waals surface area contributed by atoms with Crippen LogP contribution < -0.4 is 11.1 Å². The number of hydrogen-bond acceptors (Lipinski definition) is 3. The zero-order valence-electron chi connectivity index (χ0n) is 13.5. The van der Waals surface area contributed by atoms with E-state index in [1.54, 1.807) is 30.3 Å². The molecule has 0 aromatic heterocycles. The van der Waals surface area contributed by atoms with Gasteiger partial charge in [-0.1, -0.05) is 42.5 Å². The Hall–Kier alpha value is -2.87.